The molecule has 2 rings (SSSR count). The summed E-state index contributed by atoms with van der Waals surface area (Å²) in [4.78, 5) is 15.5. The quantitative estimate of drug-likeness (QED) is 0.929. The zero-order valence-corrected chi connectivity index (χ0v) is 13.6. The summed E-state index contributed by atoms with van der Waals surface area (Å²) >= 11 is 0. The van der Waals surface area contributed by atoms with Crippen LogP contribution in [-0.4, -0.2) is 23.2 Å². The first-order valence-corrected chi connectivity index (χ1v) is 7.49. The minimum Gasteiger partial charge on any atom is -0.449 e. The Morgan fingerprint density at radius 3 is 2.57 bits per heavy atom. The van der Waals surface area contributed by atoms with Gasteiger partial charge in [0.05, 0.1) is 6.61 Å². The fourth-order valence-electron chi connectivity index (χ4n) is 2.08. The van der Waals surface area contributed by atoms with Crippen molar-refractivity contribution in [2.24, 2.45) is 0 Å². The van der Waals surface area contributed by atoms with E-state index in [9.17, 15) is 9.18 Å². The summed E-state index contributed by atoms with van der Waals surface area (Å²) in [6.45, 7) is 5.89. The maximum atomic E-state index is 14.0. The first-order valence-electron chi connectivity index (χ1n) is 7.49. The van der Waals surface area contributed by atoms with Crippen LogP contribution in [0.1, 0.15) is 26.3 Å². The Hall–Kier alpha value is -2.43. The third-order valence-electron chi connectivity index (χ3n) is 3.12. The minimum absolute atomic E-state index is 0.239. The lowest BCUT2D eigenvalue weighted by Crippen LogP contribution is -2.41. The van der Waals surface area contributed by atoms with E-state index >= 15 is 0 Å². The van der Waals surface area contributed by atoms with Gasteiger partial charge in [-0.2, -0.15) is 0 Å². The third kappa shape index (κ3) is 5.36. The molecule has 0 bridgehead atoms. The highest BCUT2D eigenvalue weighted by atomic mass is 19.1. The van der Waals surface area contributed by atoms with Crippen LogP contribution >= 0.6 is 0 Å². The lowest BCUT2D eigenvalue weighted by Gasteiger charge is -2.19. The Balaban J connectivity index is 1.98. The Bertz CT molecular complexity index is 666. The number of hydrogen-bond acceptors (Lipinski definition) is 3. The van der Waals surface area contributed by atoms with Gasteiger partial charge in [-0.15, -0.1) is 0 Å². The van der Waals surface area contributed by atoms with Crippen LogP contribution < -0.4 is 5.32 Å². The number of hydrogen-bond donors (Lipinski definition) is 1. The second kappa shape index (κ2) is 7.22. The number of ether oxygens (including phenoxy) is 1. The summed E-state index contributed by atoms with van der Waals surface area (Å²) in [5.41, 5.74) is 1.86. The largest absolute Gasteiger partial charge is 0.449 e. The summed E-state index contributed by atoms with van der Waals surface area (Å²) in [5, 5.41) is 2.72. The van der Waals surface area contributed by atoms with Crippen molar-refractivity contribution >= 4 is 6.09 Å². The summed E-state index contributed by atoms with van der Waals surface area (Å²) in [6, 6.07) is 8.42. The van der Waals surface area contributed by atoms with Crippen molar-refractivity contribution in [3.8, 4) is 11.1 Å². The molecule has 0 saturated carbocycles. The van der Waals surface area contributed by atoms with Crippen molar-refractivity contribution < 1.29 is 13.9 Å². The molecule has 2 aromatic rings. The molecular weight excluding hydrogens is 295 g/mol. The van der Waals surface area contributed by atoms with Crippen LogP contribution in [0.4, 0.5) is 9.18 Å². The van der Waals surface area contributed by atoms with Gasteiger partial charge in [-0.3, -0.25) is 4.98 Å². The average molecular weight is 316 g/mol. The zero-order chi connectivity index (χ0) is 16.9. The topological polar surface area (TPSA) is 51.2 Å². The molecule has 1 aromatic heterocycles. The SMILES string of the molecule is CC(C)(C)NC(=O)OCCc1ccc(F)c(-c2ccncc2)c1. The first kappa shape index (κ1) is 16.9. The van der Waals surface area contributed by atoms with E-state index in [0.717, 1.165) is 11.1 Å². The molecule has 0 radical (unpaired) electrons. The highest BCUT2D eigenvalue weighted by Crippen LogP contribution is 2.23. The standard InChI is InChI=1S/C18H21FN2O2/c1-18(2,3)21-17(22)23-11-8-13-4-5-16(19)15(12-13)14-6-9-20-10-7-14/h4-7,9-10,12H,8,11H2,1-3H3,(H,21,22). The number of nitrogens with one attached hydrogen (secondary N) is 1. The van der Waals surface area contributed by atoms with Crippen LogP contribution in [0.15, 0.2) is 42.7 Å². The highest BCUT2D eigenvalue weighted by molar-refractivity contribution is 5.68. The maximum Gasteiger partial charge on any atom is 0.407 e. The van der Waals surface area contributed by atoms with E-state index in [1.165, 1.54) is 6.07 Å². The summed E-state index contributed by atoms with van der Waals surface area (Å²) in [5.74, 6) is -0.286. The molecule has 0 aliphatic carbocycles. The molecule has 23 heavy (non-hydrogen) atoms. The highest BCUT2D eigenvalue weighted by Gasteiger charge is 2.14. The van der Waals surface area contributed by atoms with Crippen molar-refractivity contribution in [1.82, 2.24) is 10.3 Å². The number of pyridine rings is 1. The van der Waals surface area contributed by atoms with Crippen molar-refractivity contribution in [1.29, 1.82) is 0 Å². The van der Waals surface area contributed by atoms with Crippen molar-refractivity contribution in [2.45, 2.75) is 32.7 Å². The number of aromatic nitrogens is 1. The van der Waals surface area contributed by atoms with Gasteiger partial charge in [0.1, 0.15) is 5.82 Å². The van der Waals surface area contributed by atoms with Crippen molar-refractivity contribution in [3.63, 3.8) is 0 Å². The van der Waals surface area contributed by atoms with Crippen LogP contribution in [0.3, 0.4) is 0 Å². The molecular formula is C18H21FN2O2. The van der Waals surface area contributed by atoms with E-state index in [2.05, 4.69) is 10.3 Å². The lowest BCUT2D eigenvalue weighted by atomic mass is 10.0. The van der Waals surface area contributed by atoms with Crippen LogP contribution in [0.5, 0.6) is 0 Å². The van der Waals surface area contributed by atoms with E-state index < -0.39 is 6.09 Å². The number of benzene rings is 1. The van der Waals surface area contributed by atoms with E-state index in [1.54, 1.807) is 36.7 Å². The lowest BCUT2D eigenvalue weighted by molar-refractivity contribution is 0.139. The predicted molar refractivity (Wildman–Crippen MR) is 87.6 cm³/mol. The van der Waals surface area contributed by atoms with Crippen LogP contribution in [0.2, 0.25) is 0 Å². The van der Waals surface area contributed by atoms with E-state index in [0.29, 0.717) is 12.0 Å². The van der Waals surface area contributed by atoms with Crippen LogP contribution in [-0.2, 0) is 11.2 Å². The van der Waals surface area contributed by atoms with Gasteiger partial charge in [-0.1, -0.05) is 6.07 Å². The Morgan fingerprint density at radius 1 is 1.22 bits per heavy atom. The maximum absolute atomic E-state index is 14.0. The molecule has 0 spiro atoms. The fourth-order valence-corrected chi connectivity index (χ4v) is 2.08. The molecule has 122 valence electrons. The Kier molecular flexibility index (Phi) is 5.32. The number of rotatable bonds is 4. The first-order chi connectivity index (χ1) is 10.8. The summed E-state index contributed by atoms with van der Waals surface area (Å²) in [7, 11) is 0. The number of nitrogens with zero attached hydrogens (tertiary/aromatic N) is 1. The Morgan fingerprint density at radius 2 is 1.91 bits per heavy atom. The molecule has 0 atom stereocenters. The van der Waals surface area contributed by atoms with Gasteiger partial charge >= 0.3 is 6.09 Å². The van der Waals surface area contributed by atoms with Gasteiger partial charge in [0, 0.05) is 29.9 Å². The monoisotopic (exact) mass is 316 g/mol. The average Bonchev–Trinajstić information content (AvgIpc) is 2.48. The smallest absolute Gasteiger partial charge is 0.407 e. The molecule has 1 heterocycles. The molecule has 0 unspecified atom stereocenters. The number of halogens is 1. The molecule has 0 aliphatic heterocycles. The fraction of sp³-hybridized carbons (Fsp3) is 0.333. The van der Waals surface area contributed by atoms with Crippen molar-refractivity contribution in [2.75, 3.05) is 6.61 Å². The normalized spacial score (nSPS) is 11.1. The van der Waals surface area contributed by atoms with Crippen LogP contribution in [0.25, 0.3) is 11.1 Å². The molecule has 4 nitrogen and oxygen atoms in total. The Labute approximate surface area is 135 Å². The van der Waals surface area contributed by atoms with Gasteiger partial charge < -0.3 is 10.1 Å². The zero-order valence-electron chi connectivity index (χ0n) is 13.6. The molecule has 0 aliphatic rings. The number of carbonyl (C=O) groups is 1. The second-order valence-corrected chi connectivity index (χ2v) is 6.31. The van der Waals surface area contributed by atoms with Gasteiger partial charge in [0.2, 0.25) is 0 Å². The van der Waals surface area contributed by atoms with Gasteiger partial charge in [0.25, 0.3) is 0 Å². The van der Waals surface area contributed by atoms with E-state index in [-0.39, 0.29) is 18.0 Å². The minimum atomic E-state index is -0.450. The number of amides is 1. The molecule has 5 heteroatoms. The molecule has 1 N–H and O–H groups in total. The third-order valence-corrected chi connectivity index (χ3v) is 3.12. The molecule has 0 fully saturated rings. The summed E-state index contributed by atoms with van der Waals surface area (Å²) < 4.78 is 19.1. The second-order valence-electron chi connectivity index (χ2n) is 6.31. The number of carbonyl (C=O) groups excluding carboxylic acids is 1. The van der Waals surface area contributed by atoms with Gasteiger partial charge in [-0.05, 0) is 56.2 Å². The molecule has 1 amide bonds. The van der Waals surface area contributed by atoms with Crippen LogP contribution in [0, 0.1) is 5.82 Å². The predicted octanol–water partition coefficient (Wildman–Crippen LogP) is 3.95. The van der Waals surface area contributed by atoms with Gasteiger partial charge in [0.15, 0.2) is 0 Å². The van der Waals surface area contributed by atoms with Crippen molar-refractivity contribution in [3.05, 3.63) is 54.1 Å². The molecule has 0 saturated heterocycles. The number of alkyl carbamates (subject to hydrolysis) is 1. The van der Waals surface area contributed by atoms with Gasteiger partial charge in [-0.25, -0.2) is 9.18 Å². The van der Waals surface area contributed by atoms with E-state index in [4.69, 9.17) is 4.74 Å². The summed E-state index contributed by atoms with van der Waals surface area (Å²) in [6.07, 6.45) is 3.33. The molecule has 1 aromatic carbocycles. The van der Waals surface area contributed by atoms with E-state index in [1.807, 2.05) is 20.8 Å².